The number of ether oxygens (including phenoxy) is 2. The van der Waals surface area contributed by atoms with E-state index in [1.165, 1.54) is 0 Å². The zero-order chi connectivity index (χ0) is 15.1. The van der Waals surface area contributed by atoms with E-state index in [0.717, 1.165) is 17.6 Å². The molecule has 1 heterocycles. The number of benzene rings is 1. The van der Waals surface area contributed by atoms with E-state index in [1.807, 2.05) is 24.3 Å². The second kappa shape index (κ2) is 7.81. The molecule has 0 atom stereocenters. The molecule has 0 aliphatic heterocycles. The molecular weight excluding hydrogens is 268 g/mol. The van der Waals surface area contributed by atoms with Crippen LogP contribution < -0.4 is 16.0 Å². The number of hydrogen-bond donors (Lipinski definition) is 1. The molecule has 2 rings (SSSR count). The minimum absolute atomic E-state index is 0.00844. The van der Waals surface area contributed by atoms with E-state index < -0.39 is 0 Å². The van der Waals surface area contributed by atoms with Gasteiger partial charge in [-0.15, -0.1) is 0 Å². The van der Waals surface area contributed by atoms with Crippen molar-refractivity contribution < 1.29 is 9.47 Å². The van der Waals surface area contributed by atoms with Gasteiger partial charge in [0.25, 0.3) is 5.56 Å². The molecule has 0 aliphatic rings. The molecule has 0 radical (unpaired) electrons. The van der Waals surface area contributed by atoms with Crippen LogP contribution in [0, 0.1) is 0 Å². The maximum absolute atomic E-state index is 12.4. The second-order valence-electron chi connectivity index (χ2n) is 4.81. The average molecular weight is 290 g/mol. The summed E-state index contributed by atoms with van der Waals surface area (Å²) < 4.78 is 12.6. The van der Waals surface area contributed by atoms with Crippen LogP contribution in [0.2, 0.25) is 0 Å². The van der Waals surface area contributed by atoms with E-state index in [1.54, 1.807) is 10.8 Å². The molecule has 0 fully saturated rings. The molecule has 114 valence electrons. The van der Waals surface area contributed by atoms with Crippen molar-refractivity contribution in [2.24, 2.45) is 5.73 Å². The summed E-state index contributed by atoms with van der Waals surface area (Å²) >= 11 is 0. The van der Waals surface area contributed by atoms with Crippen molar-refractivity contribution in [3.63, 3.8) is 0 Å². The Morgan fingerprint density at radius 1 is 1.19 bits per heavy atom. The molecule has 0 aliphatic carbocycles. The lowest BCUT2D eigenvalue weighted by Crippen LogP contribution is -2.22. The van der Waals surface area contributed by atoms with Crippen LogP contribution >= 0.6 is 0 Å². The first-order valence-electron chi connectivity index (χ1n) is 7.30. The highest BCUT2D eigenvalue weighted by atomic mass is 16.5. The van der Waals surface area contributed by atoms with Crippen LogP contribution in [0.5, 0.6) is 5.75 Å². The Bertz CT molecular complexity index is 637. The lowest BCUT2D eigenvalue weighted by atomic mass is 10.1. The van der Waals surface area contributed by atoms with Gasteiger partial charge in [0.1, 0.15) is 5.75 Å². The number of fused-ring (bicyclic) bond motifs is 1. The number of aromatic nitrogens is 1. The topological polar surface area (TPSA) is 66.5 Å². The summed E-state index contributed by atoms with van der Waals surface area (Å²) in [6.45, 7) is 4.77. The van der Waals surface area contributed by atoms with E-state index in [0.29, 0.717) is 38.3 Å². The fourth-order valence-electron chi connectivity index (χ4n) is 2.10. The van der Waals surface area contributed by atoms with Crippen molar-refractivity contribution in [2.45, 2.75) is 19.9 Å². The zero-order valence-electron chi connectivity index (χ0n) is 12.4. The molecule has 5 nitrogen and oxygen atoms in total. The number of nitrogens with zero attached hydrogens (tertiary/aromatic N) is 1. The first-order valence-corrected chi connectivity index (χ1v) is 7.30. The molecule has 2 N–H and O–H groups in total. The lowest BCUT2D eigenvalue weighted by molar-refractivity contribution is 0.132. The van der Waals surface area contributed by atoms with Crippen LogP contribution in [0.3, 0.4) is 0 Å². The molecule has 0 unspecified atom stereocenters. The summed E-state index contributed by atoms with van der Waals surface area (Å²) in [5, 5.41) is 1.59. The predicted octanol–water partition coefficient (Wildman–Crippen LogP) is 1.77. The normalized spacial score (nSPS) is 11.0. The molecule has 2 aromatic rings. The van der Waals surface area contributed by atoms with E-state index >= 15 is 0 Å². The van der Waals surface area contributed by atoms with Gasteiger partial charge in [-0.3, -0.25) is 4.79 Å². The van der Waals surface area contributed by atoms with Gasteiger partial charge in [0.15, 0.2) is 0 Å². The zero-order valence-corrected chi connectivity index (χ0v) is 12.4. The van der Waals surface area contributed by atoms with Crippen LogP contribution in [-0.2, 0) is 11.3 Å². The van der Waals surface area contributed by atoms with Crippen molar-refractivity contribution in [2.75, 3.05) is 26.4 Å². The van der Waals surface area contributed by atoms with Crippen LogP contribution in [0.15, 0.2) is 35.3 Å². The molecule has 5 heteroatoms. The van der Waals surface area contributed by atoms with Crippen molar-refractivity contribution in [3.05, 3.63) is 40.8 Å². The van der Waals surface area contributed by atoms with Crippen molar-refractivity contribution in [1.29, 1.82) is 0 Å². The Morgan fingerprint density at radius 3 is 2.81 bits per heavy atom. The number of nitrogens with two attached hydrogens (primary N) is 1. The van der Waals surface area contributed by atoms with Crippen molar-refractivity contribution in [1.82, 2.24) is 4.57 Å². The van der Waals surface area contributed by atoms with Gasteiger partial charge in [0, 0.05) is 24.7 Å². The summed E-state index contributed by atoms with van der Waals surface area (Å²) in [6.07, 6.45) is 2.75. The minimum Gasteiger partial charge on any atom is -0.494 e. The minimum atomic E-state index is -0.00844. The van der Waals surface area contributed by atoms with Gasteiger partial charge in [-0.25, -0.2) is 0 Å². The Morgan fingerprint density at radius 2 is 2.05 bits per heavy atom. The third-order valence-electron chi connectivity index (χ3n) is 3.16. The molecular formula is C16H22N2O3. The van der Waals surface area contributed by atoms with Gasteiger partial charge >= 0.3 is 0 Å². The summed E-state index contributed by atoms with van der Waals surface area (Å²) in [4.78, 5) is 12.4. The SMILES string of the molecule is CCCOc1ccc2c(=O)n(CCOCCN)ccc2c1. The Balaban J connectivity index is 2.16. The highest BCUT2D eigenvalue weighted by Gasteiger charge is 2.04. The summed E-state index contributed by atoms with van der Waals surface area (Å²) in [5.74, 6) is 0.799. The maximum Gasteiger partial charge on any atom is 0.258 e. The molecule has 0 amide bonds. The summed E-state index contributed by atoms with van der Waals surface area (Å²) in [5.41, 5.74) is 5.35. The summed E-state index contributed by atoms with van der Waals surface area (Å²) in [6, 6.07) is 7.49. The molecule has 21 heavy (non-hydrogen) atoms. The second-order valence-corrected chi connectivity index (χ2v) is 4.81. The van der Waals surface area contributed by atoms with Gasteiger partial charge in [0.05, 0.1) is 19.8 Å². The smallest absolute Gasteiger partial charge is 0.258 e. The fourth-order valence-corrected chi connectivity index (χ4v) is 2.10. The van der Waals surface area contributed by atoms with Crippen LogP contribution in [0.4, 0.5) is 0 Å². The molecule has 0 saturated carbocycles. The van der Waals surface area contributed by atoms with Gasteiger partial charge < -0.3 is 19.8 Å². The third-order valence-corrected chi connectivity index (χ3v) is 3.16. The molecule has 0 spiro atoms. The Kier molecular flexibility index (Phi) is 5.78. The first kappa shape index (κ1) is 15.5. The largest absolute Gasteiger partial charge is 0.494 e. The van der Waals surface area contributed by atoms with E-state index in [-0.39, 0.29) is 5.56 Å². The highest BCUT2D eigenvalue weighted by molar-refractivity contribution is 5.82. The average Bonchev–Trinajstić information content (AvgIpc) is 2.51. The van der Waals surface area contributed by atoms with Crippen LogP contribution in [0.25, 0.3) is 10.8 Å². The monoisotopic (exact) mass is 290 g/mol. The number of pyridine rings is 1. The van der Waals surface area contributed by atoms with E-state index in [2.05, 4.69) is 6.92 Å². The standard InChI is InChI=1S/C16H22N2O3/c1-2-9-21-14-3-4-15-13(12-14)5-7-18(16(15)19)8-11-20-10-6-17/h3-5,7,12H,2,6,8-11,17H2,1H3. The van der Waals surface area contributed by atoms with Crippen LogP contribution in [-0.4, -0.2) is 30.9 Å². The quantitative estimate of drug-likeness (QED) is 0.752. The molecule has 0 saturated heterocycles. The Labute approximate surface area is 124 Å². The number of hydrogen-bond acceptors (Lipinski definition) is 4. The highest BCUT2D eigenvalue weighted by Crippen LogP contribution is 2.18. The van der Waals surface area contributed by atoms with Crippen molar-refractivity contribution in [3.8, 4) is 5.75 Å². The van der Waals surface area contributed by atoms with Gasteiger partial charge in [-0.2, -0.15) is 0 Å². The predicted molar refractivity (Wildman–Crippen MR) is 83.9 cm³/mol. The lowest BCUT2D eigenvalue weighted by Gasteiger charge is -2.09. The van der Waals surface area contributed by atoms with E-state index in [4.69, 9.17) is 15.2 Å². The van der Waals surface area contributed by atoms with Crippen LogP contribution in [0.1, 0.15) is 13.3 Å². The summed E-state index contributed by atoms with van der Waals surface area (Å²) in [7, 11) is 0. The fraction of sp³-hybridized carbons (Fsp3) is 0.438. The van der Waals surface area contributed by atoms with Gasteiger partial charge in [0.2, 0.25) is 0 Å². The number of rotatable bonds is 8. The third kappa shape index (κ3) is 4.06. The first-order chi connectivity index (χ1) is 10.3. The molecule has 1 aromatic carbocycles. The maximum atomic E-state index is 12.4. The van der Waals surface area contributed by atoms with E-state index in [9.17, 15) is 4.79 Å². The van der Waals surface area contributed by atoms with Gasteiger partial charge in [-0.05, 0) is 36.1 Å². The molecule has 1 aromatic heterocycles. The molecule has 0 bridgehead atoms. The Hall–Kier alpha value is -1.85. The van der Waals surface area contributed by atoms with Crippen molar-refractivity contribution >= 4 is 10.8 Å². The van der Waals surface area contributed by atoms with Gasteiger partial charge in [-0.1, -0.05) is 6.92 Å².